The van der Waals surface area contributed by atoms with Crippen molar-refractivity contribution in [2.24, 2.45) is 0 Å². The molecule has 2 aromatic rings. The fourth-order valence-corrected chi connectivity index (χ4v) is 5.55. The molecule has 0 aliphatic rings. The number of sulfonamides is 2. The van der Waals surface area contributed by atoms with Gasteiger partial charge in [-0.25, -0.2) is 16.8 Å². The number of anilines is 1. The largest absolute Gasteiger partial charge is 0.495 e. The van der Waals surface area contributed by atoms with Gasteiger partial charge < -0.3 is 4.74 Å². The monoisotopic (exact) mass is 466 g/mol. The molecule has 0 saturated carbocycles. The van der Waals surface area contributed by atoms with E-state index in [0.717, 1.165) is 28.6 Å². The van der Waals surface area contributed by atoms with Crippen LogP contribution in [0.25, 0.3) is 0 Å². The molecule has 12 heteroatoms. The maximum atomic E-state index is 13.2. The first-order valence-electron chi connectivity index (χ1n) is 8.75. The molecule has 0 saturated heterocycles. The highest BCUT2D eigenvalue weighted by atomic mass is 32.2. The van der Waals surface area contributed by atoms with Gasteiger partial charge in [0.05, 0.1) is 28.2 Å². The van der Waals surface area contributed by atoms with Gasteiger partial charge in [-0.3, -0.25) is 4.72 Å². The Balaban J connectivity index is 2.58. The van der Waals surface area contributed by atoms with Crippen LogP contribution in [0.5, 0.6) is 5.75 Å². The highest BCUT2D eigenvalue weighted by Crippen LogP contribution is 2.36. The Labute approximate surface area is 173 Å². The van der Waals surface area contributed by atoms with E-state index in [0.29, 0.717) is 6.07 Å². The molecule has 0 spiro atoms. The van der Waals surface area contributed by atoms with Crippen LogP contribution in [0, 0.1) is 0 Å². The number of methoxy groups -OCH3 is 1. The number of hydrogen-bond acceptors (Lipinski definition) is 5. The van der Waals surface area contributed by atoms with E-state index in [-0.39, 0.29) is 29.4 Å². The Bertz CT molecular complexity index is 1110. The first-order valence-corrected chi connectivity index (χ1v) is 11.7. The maximum absolute atomic E-state index is 13.2. The quantitative estimate of drug-likeness (QED) is 0.642. The first-order chi connectivity index (χ1) is 13.9. The summed E-state index contributed by atoms with van der Waals surface area (Å²) in [5, 5.41) is 0. The topological polar surface area (TPSA) is 92.8 Å². The molecule has 0 bridgehead atoms. The van der Waals surface area contributed by atoms with Crippen LogP contribution in [0.4, 0.5) is 18.9 Å². The van der Waals surface area contributed by atoms with Crippen LogP contribution in [0.1, 0.15) is 19.4 Å². The molecule has 0 aliphatic heterocycles. The van der Waals surface area contributed by atoms with Crippen molar-refractivity contribution in [3.63, 3.8) is 0 Å². The molecular weight excluding hydrogens is 445 g/mol. The van der Waals surface area contributed by atoms with Crippen molar-refractivity contribution in [2.45, 2.75) is 29.8 Å². The van der Waals surface area contributed by atoms with Crippen LogP contribution in [0.15, 0.2) is 52.3 Å². The SMILES string of the molecule is CCN(CC)S(=O)(=O)c1ccc(OC)c(NS(=O)(=O)c2ccccc2C(F)(F)F)c1. The van der Waals surface area contributed by atoms with Gasteiger partial charge in [0.1, 0.15) is 5.75 Å². The van der Waals surface area contributed by atoms with Gasteiger partial charge in [-0.15, -0.1) is 0 Å². The summed E-state index contributed by atoms with van der Waals surface area (Å²) in [6.45, 7) is 3.65. The van der Waals surface area contributed by atoms with Gasteiger partial charge in [0.2, 0.25) is 10.0 Å². The molecule has 0 atom stereocenters. The summed E-state index contributed by atoms with van der Waals surface area (Å²) in [5.41, 5.74) is -1.65. The van der Waals surface area contributed by atoms with Crippen molar-refractivity contribution in [2.75, 3.05) is 24.9 Å². The van der Waals surface area contributed by atoms with E-state index in [1.807, 2.05) is 4.72 Å². The smallest absolute Gasteiger partial charge is 0.417 e. The molecule has 30 heavy (non-hydrogen) atoms. The van der Waals surface area contributed by atoms with Gasteiger partial charge in [-0.1, -0.05) is 26.0 Å². The summed E-state index contributed by atoms with van der Waals surface area (Å²) < 4.78 is 98.9. The van der Waals surface area contributed by atoms with Gasteiger partial charge in [-0.2, -0.15) is 17.5 Å². The predicted molar refractivity (Wildman–Crippen MR) is 105 cm³/mol. The summed E-state index contributed by atoms with van der Waals surface area (Å²) in [7, 11) is -7.43. The summed E-state index contributed by atoms with van der Waals surface area (Å²) in [5.74, 6) is -0.0541. The number of nitrogens with one attached hydrogen (secondary N) is 1. The average molecular weight is 467 g/mol. The molecule has 0 heterocycles. The fourth-order valence-electron chi connectivity index (χ4n) is 2.77. The lowest BCUT2D eigenvalue weighted by atomic mass is 10.2. The van der Waals surface area contributed by atoms with Crippen molar-refractivity contribution in [3.8, 4) is 5.75 Å². The van der Waals surface area contributed by atoms with Gasteiger partial charge >= 0.3 is 6.18 Å². The molecule has 0 aliphatic carbocycles. The van der Waals surface area contributed by atoms with Crippen LogP contribution in [-0.4, -0.2) is 41.3 Å². The van der Waals surface area contributed by atoms with E-state index < -0.39 is 36.7 Å². The zero-order valence-corrected chi connectivity index (χ0v) is 18.0. The lowest BCUT2D eigenvalue weighted by Crippen LogP contribution is -2.30. The molecular formula is C18H21F3N2O5S2. The molecule has 7 nitrogen and oxygen atoms in total. The van der Waals surface area contributed by atoms with E-state index in [1.165, 1.54) is 19.2 Å². The van der Waals surface area contributed by atoms with E-state index >= 15 is 0 Å². The molecule has 166 valence electrons. The molecule has 0 unspecified atom stereocenters. The molecule has 0 radical (unpaired) electrons. The molecule has 2 aromatic carbocycles. The number of rotatable bonds is 8. The second-order valence-corrected chi connectivity index (χ2v) is 9.64. The Kier molecular flexibility index (Phi) is 7.05. The van der Waals surface area contributed by atoms with Gasteiger partial charge in [0, 0.05) is 13.1 Å². The number of ether oxygens (including phenoxy) is 1. The molecule has 0 amide bonds. The number of nitrogens with zero attached hydrogens (tertiary/aromatic N) is 1. The van der Waals surface area contributed by atoms with Crippen LogP contribution < -0.4 is 9.46 Å². The summed E-state index contributed by atoms with van der Waals surface area (Å²) in [4.78, 5) is -1.22. The minimum atomic E-state index is -4.90. The van der Waals surface area contributed by atoms with E-state index in [1.54, 1.807) is 13.8 Å². The summed E-state index contributed by atoms with van der Waals surface area (Å²) in [6, 6.07) is 7.15. The summed E-state index contributed by atoms with van der Waals surface area (Å²) in [6.07, 6.45) is -4.90. The Morgan fingerprint density at radius 2 is 1.60 bits per heavy atom. The minimum Gasteiger partial charge on any atom is -0.495 e. The highest BCUT2D eigenvalue weighted by molar-refractivity contribution is 7.92. The second-order valence-electron chi connectivity index (χ2n) is 6.05. The molecule has 1 N–H and O–H groups in total. The van der Waals surface area contributed by atoms with Crippen molar-refractivity contribution in [1.82, 2.24) is 4.31 Å². The standard InChI is InChI=1S/C18H21F3N2O5S2/c1-4-23(5-2)30(26,27)13-10-11-16(28-3)15(12-13)22-29(24,25)17-9-7-6-8-14(17)18(19,20)21/h6-12,22H,4-5H2,1-3H3. The Hall–Kier alpha value is -2.31. The van der Waals surface area contributed by atoms with E-state index in [4.69, 9.17) is 4.74 Å². The van der Waals surface area contributed by atoms with Gasteiger partial charge in [-0.05, 0) is 30.3 Å². The first kappa shape index (κ1) is 24.0. The number of hydrogen-bond donors (Lipinski definition) is 1. The van der Waals surface area contributed by atoms with Crippen molar-refractivity contribution >= 4 is 25.7 Å². The zero-order chi connectivity index (χ0) is 22.7. The zero-order valence-electron chi connectivity index (χ0n) is 16.4. The van der Waals surface area contributed by atoms with Gasteiger partial charge in [0.25, 0.3) is 10.0 Å². The third kappa shape index (κ3) is 4.87. The number of benzene rings is 2. The lowest BCUT2D eigenvalue weighted by molar-refractivity contribution is -0.139. The minimum absolute atomic E-state index is 0.0541. The number of alkyl halides is 3. The van der Waals surface area contributed by atoms with Crippen molar-refractivity contribution in [3.05, 3.63) is 48.0 Å². The van der Waals surface area contributed by atoms with Crippen LogP contribution in [-0.2, 0) is 26.2 Å². The normalized spacial score (nSPS) is 12.8. The highest BCUT2D eigenvalue weighted by Gasteiger charge is 2.37. The molecule has 2 rings (SSSR count). The summed E-state index contributed by atoms with van der Waals surface area (Å²) >= 11 is 0. The van der Waals surface area contributed by atoms with Crippen molar-refractivity contribution in [1.29, 1.82) is 0 Å². The Morgan fingerprint density at radius 1 is 1.00 bits per heavy atom. The maximum Gasteiger partial charge on any atom is 0.417 e. The lowest BCUT2D eigenvalue weighted by Gasteiger charge is -2.20. The molecule has 0 aromatic heterocycles. The second kappa shape index (κ2) is 8.82. The van der Waals surface area contributed by atoms with Crippen LogP contribution >= 0.6 is 0 Å². The average Bonchev–Trinajstić information content (AvgIpc) is 2.67. The fraction of sp³-hybridized carbons (Fsp3) is 0.333. The molecule has 0 fully saturated rings. The van der Waals surface area contributed by atoms with E-state index in [9.17, 15) is 30.0 Å². The van der Waals surface area contributed by atoms with Gasteiger partial charge in [0.15, 0.2) is 0 Å². The predicted octanol–water partition coefficient (Wildman–Crippen LogP) is 3.55. The third-order valence-electron chi connectivity index (χ3n) is 4.24. The van der Waals surface area contributed by atoms with Crippen molar-refractivity contribution < 1.29 is 34.7 Å². The third-order valence-corrected chi connectivity index (χ3v) is 7.71. The van der Waals surface area contributed by atoms with Crippen LogP contribution in [0.2, 0.25) is 0 Å². The number of halogens is 3. The van der Waals surface area contributed by atoms with Crippen LogP contribution in [0.3, 0.4) is 0 Å². The Morgan fingerprint density at radius 3 is 2.13 bits per heavy atom. The van der Waals surface area contributed by atoms with E-state index in [2.05, 4.69) is 0 Å².